The van der Waals surface area contributed by atoms with Crippen LogP contribution in [0.4, 0.5) is 0 Å². The molecule has 3 rings (SSSR count). The molecule has 6 nitrogen and oxygen atoms in total. The Morgan fingerprint density at radius 1 is 1.13 bits per heavy atom. The Kier molecular flexibility index (Phi) is 4.95. The van der Waals surface area contributed by atoms with Crippen LogP contribution in [0, 0.1) is 0 Å². The zero-order chi connectivity index (χ0) is 16.2. The van der Waals surface area contributed by atoms with Gasteiger partial charge in [-0.05, 0) is 29.9 Å². The molecule has 0 atom stereocenters. The molecular formula is C16H20N2O4S. The minimum Gasteiger partial charge on any atom is -0.454 e. The largest absolute Gasteiger partial charge is 0.454 e. The van der Waals surface area contributed by atoms with E-state index in [1.807, 2.05) is 25.1 Å². The molecule has 124 valence electrons. The van der Waals surface area contributed by atoms with Gasteiger partial charge in [0.15, 0.2) is 11.5 Å². The van der Waals surface area contributed by atoms with Crippen LogP contribution in [-0.2, 0) is 16.0 Å². The predicted molar refractivity (Wildman–Crippen MR) is 87.3 cm³/mol. The molecule has 0 unspecified atom stereocenters. The zero-order valence-electron chi connectivity index (χ0n) is 13.1. The number of rotatable bonds is 5. The molecule has 1 saturated heterocycles. The summed E-state index contributed by atoms with van der Waals surface area (Å²) in [6.45, 7) is 3.46. The zero-order valence-corrected chi connectivity index (χ0v) is 13.9. The number of amides is 2. The highest BCUT2D eigenvalue weighted by atomic mass is 32.2. The standard InChI is InChI=1S/C16H20N2O4S/c1-2-23-10-16(20)18-7-3-6-17(18)15(19)9-12-4-5-13-14(8-12)22-11-21-13/h4-5,8H,2-3,6-7,9-11H2,1H3. The normalized spacial score (nSPS) is 16.0. The third-order valence-electron chi connectivity index (χ3n) is 3.83. The fourth-order valence-corrected chi connectivity index (χ4v) is 3.24. The first-order valence-corrected chi connectivity index (χ1v) is 8.91. The average Bonchev–Trinajstić information content (AvgIpc) is 3.20. The highest BCUT2D eigenvalue weighted by Gasteiger charge is 2.30. The monoisotopic (exact) mass is 336 g/mol. The number of nitrogens with zero attached hydrogens (tertiary/aromatic N) is 2. The number of hydrazine groups is 1. The summed E-state index contributed by atoms with van der Waals surface area (Å²) in [4.78, 5) is 24.8. The predicted octanol–water partition coefficient (Wildman–Crippen LogP) is 1.69. The first-order chi connectivity index (χ1) is 11.2. The number of hydrogen-bond acceptors (Lipinski definition) is 5. The van der Waals surface area contributed by atoms with Crippen molar-refractivity contribution in [1.82, 2.24) is 10.0 Å². The second-order valence-corrected chi connectivity index (χ2v) is 6.66. The van der Waals surface area contributed by atoms with E-state index in [-0.39, 0.29) is 25.0 Å². The van der Waals surface area contributed by atoms with Gasteiger partial charge in [-0.15, -0.1) is 0 Å². The number of fused-ring (bicyclic) bond motifs is 1. The van der Waals surface area contributed by atoms with E-state index >= 15 is 0 Å². The van der Waals surface area contributed by atoms with Crippen LogP contribution in [-0.4, -0.2) is 53.2 Å². The molecular weight excluding hydrogens is 316 g/mol. The summed E-state index contributed by atoms with van der Waals surface area (Å²) < 4.78 is 10.6. The number of ether oxygens (including phenoxy) is 2. The maximum absolute atomic E-state index is 12.6. The molecule has 2 aliphatic rings. The SMILES string of the molecule is CCSCC(=O)N1CCCN1C(=O)Cc1ccc2c(c1)OCO2. The molecule has 1 aromatic carbocycles. The molecule has 2 amide bonds. The Hall–Kier alpha value is -1.89. The molecule has 0 saturated carbocycles. The smallest absolute Gasteiger partial charge is 0.251 e. The lowest BCUT2D eigenvalue weighted by molar-refractivity contribution is -0.155. The van der Waals surface area contributed by atoms with Crippen molar-refractivity contribution in [2.45, 2.75) is 19.8 Å². The molecule has 0 aliphatic carbocycles. The summed E-state index contributed by atoms with van der Waals surface area (Å²) in [6.07, 6.45) is 1.08. The van der Waals surface area contributed by atoms with E-state index in [2.05, 4.69) is 0 Å². The summed E-state index contributed by atoms with van der Waals surface area (Å²) >= 11 is 1.57. The van der Waals surface area contributed by atoms with Gasteiger partial charge >= 0.3 is 0 Å². The van der Waals surface area contributed by atoms with Gasteiger partial charge in [-0.25, -0.2) is 0 Å². The van der Waals surface area contributed by atoms with Gasteiger partial charge in [-0.3, -0.25) is 19.6 Å². The van der Waals surface area contributed by atoms with Crippen molar-refractivity contribution in [2.24, 2.45) is 0 Å². The van der Waals surface area contributed by atoms with E-state index in [4.69, 9.17) is 9.47 Å². The highest BCUT2D eigenvalue weighted by Crippen LogP contribution is 2.32. The topological polar surface area (TPSA) is 59.1 Å². The Balaban J connectivity index is 1.64. The number of carbonyl (C=O) groups excluding carboxylic acids is 2. The molecule has 1 aromatic rings. The third-order valence-corrected chi connectivity index (χ3v) is 4.69. The first kappa shape index (κ1) is 16.0. The molecule has 0 bridgehead atoms. The van der Waals surface area contributed by atoms with Gasteiger partial charge < -0.3 is 9.47 Å². The second-order valence-electron chi connectivity index (χ2n) is 5.39. The van der Waals surface area contributed by atoms with Crippen molar-refractivity contribution in [3.05, 3.63) is 23.8 Å². The molecule has 1 fully saturated rings. The fourth-order valence-electron chi connectivity index (χ4n) is 2.71. The first-order valence-electron chi connectivity index (χ1n) is 7.76. The number of thioether (sulfide) groups is 1. The number of benzene rings is 1. The van der Waals surface area contributed by atoms with E-state index in [1.54, 1.807) is 21.8 Å². The van der Waals surface area contributed by atoms with Crippen LogP contribution in [0.25, 0.3) is 0 Å². The van der Waals surface area contributed by atoms with E-state index in [0.29, 0.717) is 30.3 Å². The minimum atomic E-state index is -0.0591. The summed E-state index contributed by atoms with van der Waals surface area (Å²) in [5, 5.41) is 3.18. The van der Waals surface area contributed by atoms with Crippen LogP contribution in [0.3, 0.4) is 0 Å². The van der Waals surface area contributed by atoms with Crippen molar-refractivity contribution in [1.29, 1.82) is 0 Å². The summed E-state index contributed by atoms with van der Waals surface area (Å²) in [5.74, 6) is 2.64. The fraction of sp³-hybridized carbons (Fsp3) is 0.500. The van der Waals surface area contributed by atoms with Crippen molar-refractivity contribution in [3.63, 3.8) is 0 Å². The van der Waals surface area contributed by atoms with E-state index in [1.165, 1.54) is 0 Å². The van der Waals surface area contributed by atoms with Crippen molar-refractivity contribution in [3.8, 4) is 11.5 Å². The maximum Gasteiger partial charge on any atom is 0.251 e. The lowest BCUT2D eigenvalue weighted by Gasteiger charge is -2.28. The van der Waals surface area contributed by atoms with Crippen LogP contribution >= 0.6 is 11.8 Å². The molecule has 2 heterocycles. The van der Waals surface area contributed by atoms with Crippen molar-refractivity contribution in [2.75, 3.05) is 31.4 Å². The quantitative estimate of drug-likeness (QED) is 0.819. The number of carbonyl (C=O) groups is 2. The van der Waals surface area contributed by atoms with Crippen LogP contribution in [0.5, 0.6) is 11.5 Å². The molecule has 0 N–H and O–H groups in total. The summed E-state index contributed by atoms with van der Waals surface area (Å²) in [7, 11) is 0. The van der Waals surface area contributed by atoms with Gasteiger partial charge in [-0.2, -0.15) is 11.8 Å². The van der Waals surface area contributed by atoms with Gasteiger partial charge in [0.1, 0.15) is 0 Å². The van der Waals surface area contributed by atoms with Crippen molar-refractivity contribution >= 4 is 23.6 Å². The van der Waals surface area contributed by atoms with E-state index < -0.39 is 0 Å². The molecule has 2 aliphatic heterocycles. The van der Waals surface area contributed by atoms with Crippen LogP contribution in [0.15, 0.2) is 18.2 Å². The van der Waals surface area contributed by atoms with Crippen LogP contribution in [0.2, 0.25) is 0 Å². The Bertz CT molecular complexity index is 608. The van der Waals surface area contributed by atoms with Crippen LogP contribution in [0.1, 0.15) is 18.9 Å². The molecule has 0 aromatic heterocycles. The minimum absolute atomic E-state index is 0.00777. The van der Waals surface area contributed by atoms with E-state index in [0.717, 1.165) is 17.7 Å². The number of hydrogen-bond donors (Lipinski definition) is 0. The van der Waals surface area contributed by atoms with Crippen molar-refractivity contribution < 1.29 is 19.1 Å². The Labute approximate surface area is 139 Å². The Morgan fingerprint density at radius 2 is 1.87 bits per heavy atom. The van der Waals surface area contributed by atoms with Gasteiger partial charge in [0, 0.05) is 13.1 Å². The molecule has 23 heavy (non-hydrogen) atoms. The van der Waals surface area contributed by atoms with Crippen LogP contribution < -0.4 is 9.47 Å². The summed E-state index contributed by atoms with van der Waals surface area (Å²) in [5.41, 5.74) is 0.862. The third kappa shape index (κ3) is 3.55. The maximum atomic E-state index is 12.6. The second kappa shape index (κ2) is 7.12. The van der Waals surface area contributed by atoms with Gasteiger partial charge in [-0.1, -0.05) is 13.0 Å². The Morgan fingerprint density at radius 3 is 2.65 bits per heavy atom. The van der Waals surface area contributed by atoms with Gasteiger partial charge in [0.2, 0.25) is 12.7 Å². The lowest BCUT2D eigenvalue weighted by Crippen LogP contribution is -2.46. The molecule has 7 heteroatoms. The molecule has 0 radical (unpaired) electrons. The highest BCUT2D eigenvalue weighted by molar-refractivity contribution is 7.99. The summed E-state index contributed by atoms with van der Waals surface area (Å²) in [6, 6.07) is 5.51. The van der Waals surface area contributed by atoms with E-state index in [9.17, 15) is 9.59 Å². The lowest BCUT2D eigenvalue weighted by atomic mass is 10.1. The van der Waals surface area contributed by atoms with Gasteiger partial charge in [0.05, 0.1) is 12.2 Å². The molecule has 0 spiro atoms. The average molecular weight is 336 g/mol. The van der Waals surface area contributed by atoms with Gasteiger partial charge in [0.25, 0.3) is 5.91 Å².